The minimum absolute atomic E-state index is 0.0856. The van der Waals surface area contributed by atoms with Crippen LogP contribution in [0.2, 0.25) is 0 Å². The van der Waals surface area contributed by atoms with Crippen LogP contribution >= 0.6 is 0 Å². The number of aromatic nitrogens is 1. The number of carbonyl (C=O) groups is 1. The fraction of sp³-hybridized carbons (Fsp3) is 0.500. The number of fused-ring (bicyclic) bond motifs is 2. The summed E-state index contributed by atoms with van der Waals surface area (Å²) in [5.74, 6) is 0.545. The maximum Gasteiger partial charge on any atom is 0.323 e. The van der Waals surface area contributed by atoms with Crippen molar-refractivity contribution in [2.45, 2.75) is 50.7 Å². The summed E-state index contributed by atoms with van der Waals surface area (Å²) in [5.41, 5.74) is 2.25. The van der Waals surface area contributed by atoms with Gasteiger partial charge >= 0.3 is 5.97 Å². The molecule has 2 fully saturated rings. The summed E-state index contributed by atoms with van der Waals surface area (Å²) in [6.07, 6.45) is 7.77. The summed E-state index contributed by atoms with van der Waals surface area (Å²) >= 11 is 0. The average Bonchev–Trinajstić information content (AvgIpc) is 3.00. The van der Waals surface area contributed by atoms with Crippen molar-refractivity contribution in [1.82, 2.24) is 9.88 Å². The van der Waals surface area contributed by atoms with Crippen molar-refractivity contribution in [3.8, 4) is 0 Å². The van der Waals surface area contributed by atoms with E-state index in [9.17, 15) is 4.79 Å². The summed E-state index contributed by atoms with van der Waals surface area (Å²) in [4.78, 5) is 19.3. The van der Waals surface area contributed by atoms with Crippen LogP contribution in [0.25, 0.3) is 10.9 Å². The van der Waals surface area contributed by atoms with E-state index in [0.29, 0.717) is 12.0 Å². The van der Waals surface area contributed by atoms with Crippen molar-refractivity contribution in [3.05, 3.63) is 42.1 Å². The van der Waals surface area contributed by atoms with Gasteiger partial charge in [0.1, 0.15) is 6.04 Å². The molecule has 0 bridgehead atoms. The molecule has 126 valence electrons. The Balaban J connectivity index is 1.68. The van der Waals surface area contributed by atoms with Crippen molar-refractivity contribution >= 4 is 16.9 Å². The second-order valence-electron chi connectivity index (χ2n) is 7.05. The van der Waals surface area contributed by atoms with E-state index in [1.54, 1.807) is 0 Å². The Morgan fingerprint density at radius 1 is 1.25 bits per heavy atom. The Bertz CT molecular complexity index is 740. The van der Waals surface area contributed by atoms with Crippen LogP contribution in [0.3, 0.4) is 0 Å². The molecule has 1 saturated carbocycles. The first-order chi connectivity index (χ1) is 11.8. The van der Waals surface area contributed by atoms with E-state index in [-0.39, 0.29) is 12.0 Å². The predicted octanol–water partition coefficient (Wildman–Crippen LogP) is 3.54. The van der Waals surface area contributed by atoms with E-state index < -0.39 is 0 Å². The summed E-state index contributed by atoms with van der Waals surface area (Å²) in [7, 11) is 1.50. The molecule has 0 amide bonds. The number of benzene rings is 1. The normalized spacial score (nSPS) is 27.1. The minimum atomic E-state index is -0.109. The zero-order valence-electron chi connectivity index (χ0n) is 14.1. The maximum absolute atomic E-state index is 12.3. The van der Waals surface area contributed by atoms with Gasteiger partial charge in [0.2, 0.25) is 0 Å². The number of hydrogen-bond acceptors (Lipinski definition) is 4. The number of rotatable bonds is 3. The first kappa shape index (κ1) is 15.6. The zero-order chi connectivity index (χ0) is 16.5. The molecule has 1 aromatic heterocycles. The van der Waals surface area contributed by atoms with E-state index in [1.807, 2.05) is 12.3 Å². The summed E-state index contributed by atoms with van der Waals surface area (Å²) in [6, 6.07) is 10.8. The van der Waals surface area contributed by atoms with Gasteiger partial charge in [0.05, 0.1) is 12.6 Å². The Kier molecular flexibility index (Phi) is 4.23. The Morgan fingerprint density at radius 2 is 2.08 bits per heavy atom. The average molecular weight is 324 g/mol. The third kappa shape index (κ3) is 2.69. The highest BCUT2D eigenvalue weighted by Gasteiger charge is 2.45. The first-order valence-electron chi connectivity index (χ1n) is 8.94. The molecule has 1 aromatic carbocycles. The van der Waals surface area contributed by atoms with Gasteiger partial charge in [-0.05, 0) is 36.8 Å². The molecule has 0 N–H and O–H groups in total. The van der Waals surface area contributed by atoms with Gasteiger partial charge in [-0.25, -0.2) is 0 Å². The Morgan fingerprint density at radius 3 is 2.96 bits per heavy atom. The quantitative estimate of drug-likeness (QED) is 0.810. The predicted molar refractivity (Wildman–Crippen MR) is 93.5 cm³/mol. The molecule has 0 radical (unpaired) electrons. The van der Waals surface area contributed by atoms with E-state index in [0.717, 1.165) is 23.9 Å². The molecule has 2 heterocycles. The third-order valence-electron chi connectivity index (χ3n) is 5.76. The molecule has 1 aliphatic heterocycles. The summed E-state index contributed by atoms with van der Waals surface area (Å²) < 4.78 is 5.10. The number of nitrogens with zero attached hydrogens (tertiary/aromatic N) is 2. The van der Waals surface area contributed by atoms with Crippen molar-refractivity contribution in [3.63, 3.8) is 0 Å². The molecule has 0 spiro atoms. The van der Waals surface area contributed by atoms with Crippen LogP contribution in [0.1, 0.15) is 37.7 Å². The molecular weight excluding hydrogens is 300 g/mol. The van der Waals surface area contributed by atoms with E-state index in [1.165, 1.54) is 38.4 Å². The topological polar surface area (TPSA) is 42.4 Å². The van der Waals surface area contributed by atoms with Gasteiger partial charge < -0.3 is 4.74 Å². The molecule has 24 heavy (non-hydrogen) atoms. The van der Waals surface area contributed by atoms with Gasteiger partial charge in [0.25, 0.3) is 0 Å². The second-order valence-corrected chi connectivity index (χ2v) is 7.05. The van der Waals surface area contributed by atoms with Crippen LogP contribution in [0.5, 0.6) is 0 Å². The first-order valence-corrected chi connectivity index (χ1v) is 8.94. The largest absolute Gasteiger partial charge is 0.468 e. The number of para-hydroxylation sites is 1. The highest BCUT2D eigenvalue weighted by Crippen LogP contribution is 2.41. The van der Waals surface area contributed by atoms with E-state index in [2.05, 4.69) is 34.1 Å². The number of hydrogen-bond donors (Lipinski definition) is 0. The Hall–Kier alpha value is -1.94. The lowest BCUT2D eigenvalue weighted by Crippen LogP contribution is -2.42. The smallest absolute Gasteiger partial charge is 0.323 e. The molecule has 4 nitrogen and oxygen atoms in total. The van der Waals surface area contributed by atoms with Crippen molar-refractivity contribution in [1.29, 1.82) is 0 Å². The molecule has 3 atom stereocenters. The van der Waals surface area contributed by atoms with Crippen LogP contribution in [0.15, 0.2) is 36.5 Å². The molecule has 1 aliphatic carbocycles. The highest BCUT2D eigenvalue weighted by atomic mass is 16.5. The van der Waals surface area contributed by atoms with Crippen molar-refractivity contribution in [2.75, 3.05) is 7.11 Å². The molecule has 4 rings (SSSR count). The van der Waals surface area contributed by atoms with E-state index in [4.69, 9.17) is 4.74 Å². The molecular formula is C20H24N2O2. The van der Waals surface area contributed by atoms with Crippen LogP contribution in [-0.2, 0) is 16.1 Å². The van der Waals surface area contributed by atoms with Gasteiger partial charge in [-0.1, -0.05) is 37.1 Å². The number of ether oxygens (including phenoxy) is 1. The second kappa shape index (κ2) is 6.52. The van der Waals surface area contributed by atoms with Crippen molar-refractivity contribution < 1.29 is 9.53 Å². The fourth-order valence-corrected chi connectivity index (χ4v) is 4.64. The number of carbonyl (C=O) groups excluding carboxylic acids is 1. The lowest BCUT2D eigenvalue weighted by atomic mass is 9.84. The van der Waals surface area contributed by atoms with Crippen LogP contribution in [0.4, 0.5) is 0 Å². The summed E-state index contributed by atoms with van der Waals surface area (Å²) in [5, 5.41) is 1.16. The third-order valence-corrected chi connectivity index (χ3v) is 5.76. The molecule has 4 heteroatoms. The van der Waals surface area contributed by atoms with Gasteiger partial charge in [0.15, 0.2) is 0 Å². The zero-order valence-corrected chi connectivity index (χ0v) is 14.1. The van der Waals surface area contributed by atoms with Crippen LogP contribution < -0.4 is 0 Å². The monoisotopic (exact) mass is 324 g/mol. The molecule has 1 saturated heterocycles. The lowest BCUT2D eigenvalue weighted by Gasteiger charge is -2.33. The van der Waals surface area contributed by atoms with E-state index >= 15 is 0 Å². The number of likely N-dealkylation sites (tertiary alicyclic amines) is 1. The molecule has 2 aromatic rings. The van der Waals surface area contributed by atoms with Gasteiger partial charge in [-0.15, -0.1) is 0 Å². The van der Waals surface area contributed by atoms with Gasteiger partial charge in [-0.2, -0.15) is 0 Å². The number of pyridine rings is 1. The molecule has 0 unspecified atom stereocenters. The lowest BCUT2D eigenvalue weighted by molar-refractivity contribution is -0.146. The van der Waals surface area contributed by atoms with Crippen LogP contribution in [-0.4, -0.2) is 35.0 Å². The maximum atomic E-state index is 12.3. The highest BCUT2D eigenvalue weighted by molar-refractivity contribution is 5.81. The SMILES string of the molecule is COC(=O)[C@@H]1C[C@H]2CCCC[C@@H]2N1Cc1cccc2cccnc12. The summed E-state index contributed by atoms with van der Waals surface area (Å²) in [6.45, 7) is 0.773. The minimum Gasteiger partial charge on any atom is -0.468 e. The van der Waals surface area contributed by atoms with Gasteiger partial charge in [0, 0.05) is 24.2 Å². The molecule has 2 aliphatic rings. The van der Waals surface area contributed by atoms with Crippen LogP contribution in [0, 0.1) is 5.92 Å². The number of esters is 1. The fourth-order valence-electron chi connectivity index (χ4n) is 4.64. The Labute approximate surface area is 142 Å². The number of methoxy groups -OCH3 is 1. The van der Waals surface area contributed by atoms with Crippen molar-refractivity contribution in [2.24, 2.45) is 5.92 Å². The standard InChI is InChI=1S/C20H24N2O2/c1-24-20(23)18-12-15-6-2-3-10-17(15)22(18)13-16-8-4-7-14-9-5-11-21-19(14)16/h4-5,7-9,11,15,17-18H,2-3,6,10,12-13H2,1H3/t15-,17+,18+/m1/s1. The van der Waals surface area contributed by atoms with Gasteiger partial charge in [-0.3, -0.25) is 14.7 Å².